The van der Waals surface area contributed by atoms with Gasteiger partial charge in [-0.25, -0.2) is 5.43 Å². The maximum Gasteiger partial charge on any atom is 0.324 e. The number of cyclic esters (lactones) is 1. The van der Waals surface area contributed by atoms with Crippen molar-refractivity contribution < 1.29 is 33.4 Å². The lowest BCUT2D eigenvalue weighted by Gasteiger charge is -2.37. The lowest BCUT2D eigenvalue weighted by molar-refractivity contribution is -0.155. The third-order valence-electron chi connectivity index (χ3n) is 14.0. The van der Waals surface area contributed by atoms with Gasteiger partial charge in [0.1, 0.15) is 18.1 Å². The van der Waals surface area contributed by atoms with E-state index >= 15 is 0 Å². The third-order valence-corrected chi connectivity index (χ3v) is 14.0. The zero-order chi connectivity index (χ0) is 48.5. The molecule has 2 fully saturated rings. The molecule has 2 aromatic carbocycles. The number of aromatic nitrogens is 2. The van der Waals surface area contributed by atoms with Gasteiger partial charge < -0.3 is 29.2 Å². The van der Waals surface area contributed by atoms with E-state index in [4.69, 9.17) is 14.5 Å². The van der Waals surface area contributed by atoms with Crippen LogP contribution in [-0.4, -0.2) is 112 Å². The monoisotopic (exact) mass is 1090 g/mol. The van der Waals surface area contributed by atoms with Crippen molar-refractivity contribution in [2.24, 2.45) is 22.7 Å². The number of carbonyl (C=O) groups is 5. The fourth-order valence-corrected chi connectivity index (χ4v) is 10.4. The van der Waals surface area contributed by atoms with Gasteiger partial charge in [0, 0.05) is 74.8 Å². The number of aryl methyl sites for hydroxylation is 1. The smallest absolute Gasteiger partial charge is 0.324 e. The van der Waals surface area contributed by atoms with Crippen molar-refractivity contribution in [1.82, 2.24) is 35.1 Å². The van der Waals surface area contributed by atoms with Crippen molar-refractivity contribution in [3.8, 4) is 22.4 Å². The van der Waals surface area contributed by atoms with Gasteiger partial charge in [0.25, 0.3) is 5.91 Å². The second kappa shape index (κ2) is 26.4. The minimum Gasteiger partial charge on any atom is -0.464 e. The standard InChI is InChI=1S/C53H69N7O7.5H2S/c1-12-44(61)58-29-40(53(8,9)30-58)49(63)57(10)46(32(3)4)48(62)55-42-26-34-17-14-18-35(25-34)36-21-22-43-38(27-36)39(47(59(43)13-2)37-19-15-23-54-45(37)33(5)66-11)28-52(6,7)31-67-51(65)41-20-16-24-60(56-41)50(42)64;;;;;/h12,14-15,17-19,21-23,25,27,32-33,40-42,46,56H,1,13,16,20,24,26,28-31H2,2-11H3,(H,55,62);5*1H2/t33-,40-,41-,42-,46-;;;;;/m0...../s1. The molecule has 0 radical (unpaired) electrons. The van der Waals surface area contributed by atoms with Crippen LogP contribution in [0.3, 0.4) is 0 Å². The number of likely N-dealkylation sites (tertiary alicyclic amines) is 1. The number of benzene rings is 2. The Hall–Kier alpha value is -4.11. The molecule has 3 aliphatic heterocycles. The van der Waals surface area contributed by atoms with Crippen molar-refractivity contribution in [3.63, 3.8) is 0 Å². The van der Waals surface area contributed by atoms with Crippen molar-refractivity contribution >= 4 is 108 Å². The van der Waals surface area contributed by atoms with E-state index in [0.717, 1.165) is 50.1 Å². The molecule has 7 rings (SSSR count). The number of likely N-dealkylation sites (N-methyl/N-ethyl adjacent to an activating group) is 1. The topological polar surface area (TPSA) is 155 Å². The van der Waals surface area contributed by atoms with Gasteiger partial charge in [-0.05, 0) is 97.0 Å². The van der Waals surface area contributed by atoms with Crippen LogP contribution in [0.5, 0.6) is 0 Å². The summed E-state index contributed by atoms with van der Waals surface area (Å²) in [4.78, 5) is 78.2. The molecule has 398 valence electrons. The molecule has 2 saturated heterocycles. The van der Waals surface area contributed by atoms with Gasteiger partial charge in [-0.15, -0.1) is 0 Å². The van der Waals surface area contributed by atoms with Crippen molar-refractivity contribution in [3.05, 3.63) is 90.3 Å². The Balaban J connectivity index is 0.00000355. The third kappa shape index (κ3) is 13.4. The number of carbonyl (C=O) groups excluding carboxylic acids is 5. The van der Waals surface area contributed by atoms with Gasteiger partial charge in [-0.2, -0.15) is 67.5 Å². The molecule has 4 aromatic rings. The summed E-state index contributed by atoms with van der Waals surface area (Å²) in [5.41, 5.74) is 9.91. The number of esters is 1. The minimum absolute atomic E-state index is 0. The maximum absolute atomic E-state index is 14.8. The van der Waals surface area contributed by atoms with E-state index in [1.54, 1.807) is 25.3 Å². The molecule has 0 saturated carbocycles. The number of pyridine rings is 1. The Morgan fingerprint density at radius 2 is 1.69 bits per heavy atom. The highest BCUT2D eigenvalue weighted by Crippen LogP contribution is 2.42. The molecule has 0 spiro atoms. The van der Waals surface area contributed by atoms with E-state index in [-0.39, 0.29) is 111 Å². The van der Waals surface area contributed by atoms with Gasteiger partial charge in [-0.3, -0.25) is 34.0 Å². The lowest BCUT2D eigenvalue weighted by atomic mass is 9.80. The van der Waals surface area contributed by atoms with E-state index < -0.39 is 52.7 Å². The molecular weight excluding hydrogens is 1010 g/mol. The number of fused-ring (bicyclic) bond motifs is 6. The first-order valence-corrected chi connectivity index (χ1v) is 23.7. The van der Waals surface area contributed by atoms with Crippen LogP contribution >= 0.6 is 67.5 Å². The number of nitrogens with zero attached hydrogens (tertiary/aromatic N) is 5. The number of methoxy groups -OCH3 is 1. The van der Waals surface area contributed by atoms with Crippen LogP contribution < -0.4 is 10.7 Å². The largest absolute Gasteiger partial charge is 0.464 e. The van der Waals surface area contributed by atoms with Gasteiger partial charge in [-0.1, -0.05) is 78.5 Å². The highest BCUT2D eigenvalue weighted by Gasteiger charge is 2.48. The summed E-state index contributed by atoms with van der Waals surface area (Å²) >= 11 is 0. The Bertz CT molecular complexity index is 2570. The molecule has 5 heterocycles. The second-order valence-electron chi connectivity index (χ2n) is 20.4. The van der Waals surface area contributed by atoms with Gasteiger partial charge >= 0.3 is 5.97 Å². The van der Waals surface area contributed by atoms with Crippen LogP contribution in [0, 0.1) is 22.7 Å². The first kappa shape index (κ1) is 64.0. The van der Waals surface area contributed by atoms with Crippen LogP contribution in [0.1, 0.15) is 91.2 Å². The fraction of sp³-hybridized carbons (Fsp3) is 0.509. The number of ether oxygens (including phenoxy) is 2. The number of nitrogens with one attached hydrogen (secondary N) is 2. The summed E-state index contributed by atoms with van der Waals surface area (Å²) in [6.45, 7) is 21.4. The Kier molecular flexibility index (Phi) is 23.5. The van der Waals surface area contributed by atoms with Crippen molar-refractivity contribution in [2.45, 2.75) is 112 Å². The predicted molar refractivity (Wildman–Crippen MR) is 311 cm³/mol. The zero-order valence-electron chi connectivity index (χ0n) is 43.5. The highest BCUT2D eigenvalue weighted by molar-refractivity contribution is 7.60. The number of hydrogen-bond acceptors (Lipinski definition) is 9. The molecule has 4 amide bonds. The number of hydrogen-bond donors (Lipinski definition) is 2. The quantitative estimate of drug-likeness (QED) is 0.122. The molecular formula is C53H79N7O7S5. The number of hydrazine groups is 1. The molecule has 0 unspecified atom stereocenters. The van der Waals surface area contributed by atoms with E-state index in [2.05, 4.69) is 79.1 Å². The number of rotatable bonds is 10. The van der Waals surface area contributed by atoms with E-state index in [1.807, 2.05) is 52.8 Å². The van der Waals surface area contributed by atoms with Gasteiger partial charge in [0.05, 0.1) is 30.0 Å². The molecule has 2 aromatic heterocycles. The van der Waals surface area contributed by atoms with Crippen LogP contribution in [0.4, 0.5) is 0 Å². The molecule has 3 aliphatic rings. The zero-order valence-corrected chi connectivity index (χ0v) is 48.5. The van der Waals surface area contributed by atoms with Crippen molar-refractivity contribution in [1.29, 1.82) is 0 Å². The van der Waals surface area contributed by atoms with Crippen molar-refractivity contribution in [2.75, 3.05) is 40.4 Å². The average Bonchev–Trinajstić information content (AvgIpc) is 3.80. The Morgan fingerprint density at radius 3 is 2.35 bits per heavy atom. The van der Waals surface area contributed by atoms with Crippen LogP contribution in [0.15, 0.2) is 73.4 Å². The predicted octanol–water partition coefficient (Wildman–Crippen LogP) is 7.46. The summed E-state index contributed by atoms with van der Waals surface area (Å²) in [5.74, 6) is -2.70. The first-order valence-electron chi connectivity index (χ1n) is 23.7. The summed E-state index contributed by atoms with van der Waals surface area (Å²) in [6, 6.07) is 15.8. The van der Waals surface area contributed by atoms with E-state index in [9.17, 15) is 24.0 Å². The van der Waals surface area contributed by atoms with Gasteiger partial charge in [0.15, 0.2) is 0 Å². The molecule has 72 heavy (non-hydrogen) atoms. The molecule has 19 heteroatoms. The molecule has 6 bridgehead atoms. The van der Waals surface area contributed by atoms with Gasteiger partial charge in [0.2, 0.25) is 17.7 Å². The van der Waals surface area contributed by atoms with Crippen LogP contribution in [0.2, 0.25) is 0 Å². The lowest BCUT2D eigenvalue weighted by Crippen LogP contribution is -2.62. The molecule has 14 nitrogen and oxygen atoms in total. The first-order chi connectivity index (χ1) is 31.8. The SMILES string of the molecule is C=CC(=O)N1C[C@@H](C(=O)N(C)[C@H](C(=O)N[C@H]2Cc3cccc(c3)-c3ccc4c(c3)c(c(-c3cccnc3[C@H](C)OC)n4CC)CC(C)(C)COC(=O)[C@@H]3CCCN(N3)C2=O)C(C)C)C(C)(C)C1.S.S.S.S.S. The normalized spacial score (nSPS) is 20.1. The molecule has 2 N–H and O–H groups in total. The molecule has 0 aliphatic carbocycles. The summed E-state index contributed by atoms with van der Waals surface area (Å²) < 4.78 is 14.3. The Morgan fingerprint density at radius 1 is 1.00 bits per heavy atom. The van der Waals surface area contributed by atoms with Crippen LogP contribution in [0.25, 0.3) is 33.3 Å². The number of amides is 4. The minimum atomic E-state index is -1.06. The average molecular weight is 1090 g/mol. The van der Waals surface area contributed by atoms with E-state index in [0.29, 0.717) is 38.9 Å². The summed E-state index contributed by atoms with van der Waals surface area (Å²) in [7, 11) is 3.31. The Labute approximate surface area is 461 Å². The van der Waals surface area contributed by atoms with E-state index in [1.165, 1.54) is 16.0 Å². The van der Waals surface area contributed by atoms with Crippen LogP contribution in [-0.2, 0) is 52.8 Å². The second-order valence-corrected chi connectivity index (χ2v) is 20.4. The summed E-state index contributed by atoms with van der Waals surface area (Å²) in [6.07, 6.45) is 4.53. The maximum atomic E-state index is 14.8. The molecule has 5 atom stereocenters. The fourth-order valence-electron chi connectivity index (χ4n) is 10.4. The summed E-state index contributed by atoms with van der Waals surface area (Å²) in [5, 5.41) is 5.59. The highest BCUT2D eigenvalue weighted by atomic mass is 32.1.